The molecule has 0 saturated carbocycles. The highest BCUT2D eigenvalue weighted by Crippen LogP contribution is 2.29. The maximum atomic E-state index is 13.2. The average Bonchev–Trinajstić information content (AvgIpc) is 3.19. The Labute approximate surface area is 178 Å². The van der Waals surface area contributed by atoms with Crippen molar-refractivity contribution in [3.63, 3.8) is 0 Å². The maximum Gasteiger partial charge on any atom is 0.273 e. The number of rotatable bonds is 4. The summed E-state index contributed by atoms with van der Waals surface area (Å²) in [5.74, 6) is 0.0800. The summed E-state index contributed by atoms with van der Waals surface area (Å²) in [6, 6.07) is 24.5. The van der Waals surface area contributed by atoms with Gasteiger partial charge in [-0.2, -0.15) is 5.10 Å². The van der Waals surface area contributed by atoms with Crippen molar-refractivity contribution in [3.8, 4) is 11.3 Å². The van der Waals surface area contributed by atoms with Gasteiger partial charge >= 0.3 is 0 Å². The first-order valence-corrected chi connectivity index (χ1v) is 10.00. The summed E-state index contributed by atoms with van der Waals surface area (Å²) in [5, 5.41) is 8.63. The molecule has 0 bridgehead atoms. The van der Waals surface area contributed by atoms with Crippen molar-refractivity contribution in [1.82, 2.24) is 9.38 Å². The fraction of sp³-hybridized carbons (Fsp3) is 0.0833. The van der Waals surface area contributed by atoms with Crippen LogP contribution < -0.4 is 10.3 Å². The molecule has 7 nitrogen and oxygen atoms in total. The number of pyridine rings is 1. The van der Waals surface area contributed by atoms with Crippen LogP contribution in [0.1, 0.15) is 12.8 Å². The van der Waals surface area contributed by atoms with E-state index in [2.05, 4.69) is 10.4 Å². The quantitative estimate of drug-likeness (QED) is 0.551. The number of anilines is 2. The molecule has 1 aliphatic rings. The van der Waals surface area contributed by atoms with Gasteiger partial charge in [-0.3, -0.25) is 14.0 Å². The van der Waals surface area contributed by atoms with E-state index in [0.29, 0.717) is 22.9 Å². The number of amides is 2. The molecule has 0 spiro atoms. The first kappa shape index (κ1) is 18.7. The predicted octanol–water partition coefficient (Wildman–Crippen LogP) is 4.12. The molecule has 1 aliphatic heterocycles. The Kier molecular flexibility index (Phi) is 4.76. The van der Waals surface area contributed by atoms with Crippen LogP contribution in [-0.2, 0) is 9.59 Å². The Balaban J connectivity index is 1.51. The van der Waals surface area contributed by atoms with E-state index in [1.54, 1.807) is 12.1 Å². The standard InChI is InChI=1S/C24H19N5O2/c30-21-15-14-19(27-29(21)18-11-5-2-6-12-18)24(31)26-23-22(17-9-3-1-4-10-17)25-20-13-7-8-16-28(20)23/h1-13,16H,14-15H2,(H,26,31). The summed E-state index contributed by atoms with van der Waals surface area (Å²) in [6.45, 7) is 0. The molecule has 7 heteroatoms. The third kappa shape index (κ3) is 3.57. The van der Waals surface area contributed by atoms with E-state index in [1.165, 1.54) is 5.01 Å². The second-order valence-electron chi connectivity index (χ2n) is 7.15. The minimum atomic E-state index is -0.351. The topological polar surface area (TPSA) is 79.1 Å². The third-order valence-corrected chi connectivity index (χ3v) is 5.10. The van der Waals surface area contributed by atoms with Crippen molar-refractivity contribution in [3.05, 3.63) is 85.1 Å². The van der Waals surface area contributed by atoms with Crippen LogP contribution >= 0.6 is 0 Å². The van der Waals surface area contributed by atoms with Crippen molar-refractivity contribution in [2.24, 2.45) is 5.10 Å². The van der Waals surface area contributed by atoms with Gasteiger partial charge in [0.1, 0.15) is 22.9 Å². The SMILES string of the molecule is O=C(Nc1c(-c2ccccc2)nc2ccccn12)C1=NN(c2ccccc2)C(=O)CC1. The Bertz CT molecular complexity index is 1300. The van der Waals surface area contributed by atoms with Crippen LogP contribution in [0.5, 0.6) is 0 Å². The van der Waals surface area contributed by atoms with E-state index in [1.807, 2.05) is 77.3 Å². The van der Waals surface area contributed by atoms with E-state index in [4.69, 9.17) is 4.98 Å². The normalized spacial score (nSPS) is 13.9. The minimum Gasteiger partial charge on any atom is -0.305 e. The monoisotopic (exact) mass is 409 g/mol. The van der Waals surface area contributed by atoms with Gasteiger partial charge in [0, 0.05) is 24.6 Å². The highest BCUT2D eigenvalue weighted by Gasteiger charge is 2.27. The van der Waals surface area contributed by atoms with E-state index < -0.39 is 0 Å². The number of fused-ring (bicyclic) bond motifs is 1. The molecule has 0 radical (unpaired) electrons. The summed E-state index contributed by atoms with van der Waals surface area (Å²) in [4.78, 5) is 30.2. The molecule has 2 amide bonds. The molecule has 0 fully saturated rings. The van der Waals surface area contributed by atoms with Gasteiger partial charge in [0.25, 0.3) is 5.91 Å². The molecule has 0 unspecified atom stereocenters. The fourth-order valence-electron chi connectivity index (χ4n) is 3.58. The van der Waals surface area contributed by atoms with Gasteiger partial charge in [0.2, 0.25) is 5.91 Å². The van der Waals surface area contributed by atoms with Crippen LogP contribution in [0.15, 0.2) is 90.2 Å². The molecule has 2 aromatic heterocycles. The molecule has 3 heterocycles. The lowest BCUT2D eigenvalue weighted by molar-refractivity contribution is -0.118. The van der Waals surface area contributed by atoms with E-state index in [9.17, 15) is 9.59 Å². The van der Waals surface area contributed by atoms with Crippen molar-refractivity contribution in [2.75, 3.05) is 10.3 Å². The Morgan fingerprint density at radius 3 is 2.35 bits per heavy atom. The van der Waals surface area contributed by atoms with Crippen LogP contribution in [0, 0.1) is 0 Å². The number of hydrazone groups is 1. The van der Waals surface area contributed by atoms with E-state index in [-0.39, 0.29) is 24.7 Å². The molecule has 2 aromatic carbocycles. The van der Waals surface area contributed by atoms with Crippen molar-refractivity contribution in [1.29, 1.82) is 0 Å². The summed E-state index contributed by atoms with van der Waals surface area (Å²) in [5.41, 5.74) is 3.23. The average molecular weight is 409 g/mol. The molecule has 4 aromatic rings. The minimum absolute atomic E-state index is 0.137. The molecule has 31 heavy (non-hydrogen) atoms. The van der Waals surface area contributed by atoms with Gasteiger partial charge in [0.15, 0.2) is 0 Å². The highest BCUT2D eigenvalue weighted by atomic mass is 16.2. The summed E-state index contributed by atoms with van der Waals surface area (Å²) in [6.07, 6.45) is 2.36. The van der Waals surface area contributed by atoms with Crippen molar-refractivity contribution in [2.45, 2.75) is 12.8 Å². The van der Waals surface area contributed by atoms with Gasteiger partial charge in [-0.1, -0.05) is 54.6 Å². The zero-order chi connectivity index (χ0) is 21.2. The molecule has 152 valence electrons. The van der Waals surface area contributed by atoms with Crippen LogP contribution in [0.3, 0.4) is 0 Å². The number of aromatic nitrogens is 2. The van der Waals surface area contributed by atoms with Crippen molar-refractivity contribution >= 4 is 34.7 Å². The number of benzene rings is 2. The number of carbonyl (C=O) groups is 2. The Hall–Kier alpha value is -4.26. The second-order valence-corrected chi connectivity index (χ2v) is 7.15. The Morgan fingerprint density at radius 2 is 1.58 bits per heavy atom. The number of nitrogens with one attached hydrogen (secondary N) is 1. The number of carbonyl (C=O) groups excluding carboxylic acids is 2. The lowest BCUT2D eigenvalue weighted by Crippen LogP contribution is -2.36. The Morgan fingerprint density at radius 1 is 0.871 bits per heavy atom. The van der Waals surface area contributed by atoms with Gasteiger partial charge in [-0.05, 0) is 24.3 Å². The molecule has 0 atom stereocenters. The molecule has 0 aliphatic carbocycles. The number of hydrogen-bond acceptors (Lipinski definition) is 4. The largest absolute Gasteiger partial charge is 0.305 e. The molecule has 0 saturated heterocycles. The number of imidazole rings is 1. The summed E-state index contributed by atoms with van der Waals surface area (Å²) < 4.78 is 1.84. The van der Waals surface area contributed by atoms with Gasteiger partial charge in [-0.15, -0.1) is 0 Å². The van der Waals surface area contributed by atoms with Crippen LogP contribution in [0.2, 0.25) is 0 Å². The van der Waals surface area contributed by atoms with Gasteiger partial charge < -0.3 is 5.32 Å². The second kappa shape index (κ2) is 7.87. The lowest BCUT2D eigenvalue weighted by atomic mass is 10.1. The predicted molar refractivity (Wildman–Crippen MR) is 120 cm³/mol. The zero-order valence-corrected chi connectivity index (χ0v) is 16.6. The van der Waals surface area contributed by atoms with Gasteiger partial charge in [-0.25, -0.2) is 9.99 Å². The highest BCUT2D eigenvalue weighted by molar-refractivity contribution is 6.44. The first-order valence-electron chi connectivity index (χ1n) is 10.00. The van der Waals surface area contributed by atoms with Crippen LogP contribution in [0.25, 0.3) is 16.9 Å². The molecule has 5 rings (SSSR count). The fourth-order valence-corrected chi connectivity index (χ4v) is 3.58. The van der Waals surface area contributed by atoms with E-state index >= 15 is 0 Å². The number of nitrogens with zero attached hydrogens (tertiary/aromatic N) is 4. The van der Waals surface area contributed by atoms with Crippen LogP contribution in [-0.4, -0.2) is 26.9 Å². The van der Waals surface area contributed by atoms with E-state index in [0.717, 1.165) is 11.2 Å². The summed E-state index contributed by atoms with van der Waals surface area (Å²) >= 11 is 0. The zero-order valence-electron chi connectivity index (χ0n) is 16.6. The number of hydrogen-bond donors (Lipinski definition) is 1. The number of para-hydroxylation sites is 1. The summed E-state index contributed by atoms with van der Waals surface area (Å²) in [7, 11) is 0. The molecular formula is C24H19N5O2. The first-order chi connectivity index (χ1) is 15.2. The molecule has 1 N–H and O–H groups in total. The van der Waals surface area contributed by atoms with Crippen LogP contribution in [0.4, 0.5) is 11.5 Å². The maximum absolute atomic E-state index is 13.2. The lowest BCUT2D eigenvalue weighted by Gasteiger charge is -2.23. The molecular weight excluding hydrogens is 390 g/mol. The third-order valence-electron chi connectivity index (χ3n) is 5.10. The van der Waals surface area contributed by atoms with Crippen molar-refractivity contribution < 1.29 is 9.59 Å². The van der Waals surface area contributed by atoms with Gasteiger partial charge in [0.05, 0.1) is 5.69 Å². The smallest absolute Gasteiger partial charge is 0.273 e.